The largest absolute Gasteiger partial charge is 0.343 e. The zero-order valence-corrected chi connectivity index (χ0v) is 11.9. The minimum atomic E-state index is 0.205. The molecule has 0 saturated carbocycles. The van der Waals surface area contributed by atoms with Crippen LogP contribution < -0.4 is 9.88 Å². The third-order valence-electron chi connectivity index (χ3n) is 2.43. The van der Waals surface area contributed by atoms with Gasteiger partial charge in [0.2, 0.25) is 0 Å². The van der Waals surface area contributed by atoms with Crippen LogP contribution in [0.25, 0.3) is 0 Å². The van der Waals surface area contributed by atoms with E-state index in [4.69, 9.17) is 0 Å². The molecule has 1 aliphatic rings. The van der Waals surface area contributed by atoms with Crippen molar-refractivity contribution < 1.29 is 4.57 Å². The molecule has 0 amide bonds. The van der Waals surface area contributed by atoms with Gasteiger partial charge in [0.05, 0.1) is 17.8 Å². The zero-order chi connectivity index (χ0) is 11.8. The third kappa shape index (κ3) is 2.27. The van der Waals surface area contributed by atoms with Gasteiger partial charge >= 0.3 is 11.1 Å². The first kappa shape index (κ1) is 12.0. The van der Waals surface area contributed by atoms with Crippen molar-refractivity contribution in [2.45, 2.75) is 30.3 Å². The molecule has 0 fully saturated rings. The second-order valence-electron chi connectivity index (χ2n) is 4.44. The number of anilines is 1. The standard InChI is InChI=1S/C10H15BrN4S/c1-7(2)4-12-8-13-14-9-15(8)6-10(3,5-11)16-9/h1,4-6H2,2-3H3,(H,12,13)/p+1. The number of hydrogen-bond donors (Lipinski definition) is 2. The fraction of sp³-hybridized carbons (Fsp3) is 0.600. The van der Waals surface area contributed by atoms with Crippen LogP contribution in [0.1, 0.15) is 13.8 Å². The number of halogens is 1. The zero-order valence-electron chi connectivity index (χ0n) is 9.51. The quantitative estimate of drug-likeness (QED) is 0.508. The Kier molecular flexibility index (Phi) is 3.30. The van der Waals surface area contributed by atoms with Crippen molar-refractivity contribution in [1.29, 1.82) is 0 Å². The monoisotopic (exact) mass is 303 g/mol. The van der Waals surface area contributed by atoms with Crippen LogP contribution in [0.3, 0.4) is 0 Å². The van der Waals surface area contributed by atoms with Crippen molar-refractivity contribution in [1.82, 2.24) is 10.2 Å². The summed E-state index contributed by atoms with van der Waals surface area (Å²) in [5.41, 5.74) is 1.11. The number of aromatic amines is 1. The highest BCUT2D eigenvalue weighted by atomic mass is 79.9. The van der Waals surface area contributed by atoms with Gasteiger partial charge in [-0.1, -0.05) is 28.1 Å². The molecule has 16 heavy (non-hydrogen) atoms. The van der Waals surface area contributed by atoms with Crippen molar-refractivity contribution in [2.75, 3.05) is 17.2 Å². The van der Waals surface area contributed by atoms with Crippen LogP contribution in [0.15, 0.2) is 17.3 Å². The maximum Gasteiger partial charge on any atom is 0.343 e. The number of nitrogens with one attached hydrogen (secondary N) is 2. The number of nitrogens with zero attached hydrogens (tertiary/aromatic N) is 2. The van der Waals surface area contributed by atoms with Crippen molar-refractivity contribution in [3.63, 3.8) is 0 Å². The van der Waals surface area contributed by atoms with Gasteiger partial charge in [-0.2, -0.15) is 0 Å². The molecule has 2 N–H and O–H groups in total. The summed E-state index contributed by atoms with van der Waals surface area (Å²) in [6.07, 6.45) is 0. The van der Waals surface area contributed by atoms with Gasteiger partial charge in [0.25, 0.3) is 0 Å². The molecule has 2 rings (SSSR count). The summed E-state index contributed by atoms with van der Waals surface area (Å²) in [6.45, 7) is 9.86. The summed E-state index contributed by atoms with van der Waals surface area (Å²) in [5, 5.41) is 12.6. The molecule has 88 valence electrons. The molecular weight excluding hydrogens is 288 g/mol. The van der Waals surface area contributed by atoms with Crippen LogP contribution in [-0.2, 0) is 6.54 Å². The van der Waals surface area contributed by atoms with E-state index in [1.165, 1.54) is 0 Å². The molecule has 0 aromatic carbocycles. The number of fused-ring (bicyclic) bond motifs is 1. The summed E-state index contributed by atoms with van der Waals surface area (Å²) in [5.74, 6) is 0.968. The molecule has 0 bridgehead atoms. The Morgan fingerprint density at radius 2 is 2.56 bits per heavy atom. The Morgan fingerprint density at radius 1 is 1.81 bits per heavy atom. The van der Waals surface area contributed by atoms with E-state index in [2.05, 4.69) is 49.5 Å². The first-order chi connectivity index (χ1) is 7.54. The average molecular weight is 304 g/mol. The smallest absolute Gasteiger partial charge is 0.291 e. The lowest BCUT2D eigenvalue weighted by Gasteiger charge is -2.15. The second-order valence-corrected chi connectivity index (χ2v) is 6.55. The molecule has 4 nitrogen and oxygen atoms in total. The summed E-state index contributed by atoms with van der Waals surface area (Å²) < 4.78 is 2.39. The summed E-state index contributed by atoms with van der Waals surface area (Å²) in [4.78, 5) is 0. The maximum atomic E-state index is 4.31. The van der Waals surface area contributed by atoms with Crippen molar-refractivity contribution in [2.24, 2.45) is 0 Å². The van der Waals surface area contributed by atoms with Gasteiger partial charge in [-0.15, -0.1) is 5.10 Å². The molecule has 1 aliphatic heterocycles. The van der Waals surface area contributed by atoms with Gasteiger partial charge in [-0.05, 0) is 25.6 Å². The van der Waals surface area contributed by atoms with Crippen LogP contribution in [0, 0.1) is 0 Å². The molecule has 0 aliphatic carbocycles. The van der Waals surface area contributed by atoms with Gasteiger partial charge in [0, 0.05) is 10.4 Å². The first-order valence-corrected chi connectivity index (χ1v) is 7.09. The highest BCUT2D eigenvalue weighted by Gasteiger charge is 2.40. The van der Waals surface area contributed by atoms with E-state index < -0.39 is 0 Å². The van der Waals surface area contributed by atoms with Crippen LogP contribution in [0.2, 0.25) is 0 Å². The Balaban J connectivity index is 2.12. The van der Waals surface area contributed by atoms with E-state index in [1.807, 2.05) is 6.92 Å². The van der Waals surface area contributed by atoms with Crippen molar-refractivity contribution in [3.8, 4) is 0 Å². The summed E-state index contributed by atoms with van der Waals surface area (Å²) in [7, 11) is 0. The van der Waals surface area contributed by atoms with Gasteiger partial charge in [-0.3, -0.25) is 5.32 Å². The fourth-order valence-corrected chi connectivity index (χ4v) is 3.13. The minimum absolute atomic E-state index is 0.205. The van der Waals surface area contributed by atoms with Crippen LogP contribution in [0.4, 0.5) is 5.95 Å². The van der Waals surface area contributed by atoms with E-state index in [1.54, 1.807) is 11.8 Å². The number of aromatic nitrogens is 3. The molecule has 6 heteroatoms. The van der Waals surface area contributed by atoms with E-state index in [0.717, 1.165) is 35.1 Å². The summed E-state index contributed by atoms with van der Waals surface area (Å²) in [6, 6.07) is 0. The molecule has 0 radical (unpaired) electrons. The lowest BCUT2D eigenvalue weighted by atomic mass is 10.2. The van der Waals surface area contributed by atoms with Crippen LogP contribution >= 0.6 is 27.7 Å². The SMILES string of the molecule is C=C(C)CNc1[nH]nc2[n+]1CC(C)(CBr)S2. The normalized spacial score (nSPS) is 23.2. The summed E-state index contributed by atoms with van der Waals surface area (Å²) >= 11 is 5.36. The molecule has 1 aromatic heterocycles. The van der Waals surface area contributed by atoms with E-state index in [9.17, 15) is 0 Å². The third-order valence-corrected chi connectivity index (χ3v) is 5.30. The number of alkyl halides is 1. The number of rotatable bonds is 4. The predicted octanol–water partition coefficient (Wildman–Crippen LogP) is 1.94. The molecule has 1 atom stereocenters. The van der Waals surface area contributed by atoms with Gasteiger partial charge in [0.15, 0.2) is 0 Å². The predicted molar refractivity (Wildman–Crippen MR) is 70.1 cm³/mol. The average Bonchev–Trinajstić information content (AvgIpc) is 2.72. The van der Waals surface area contributed by atoms with Gasteiger partial charge < -0.3 is 0 Å². The lowest BCUT2D eigenvalue weighted by Crippen LogP contribution is -2.41. The van der Waals surface area contributed by atoms with E-state index in [-0.39, 0.29) is 4.75 Å². The molecule has 2 heterocycles. The van der Waals surface area contributed by atoms with Crippen LogP contribution in [-0.4, -0.2) is 26.8 Å². The topological polar surface area (TPSA) is 44.6 Å². The molecular formula is C10H16BrN4S+. The Hall–Kier alpha value is -0.490. The molecule has 1 unspecified atom stereocenters. The van der Waals surface area contributed by atoms with Crippen molar-refractivity contribution >= 4 is 33.6 Å². The maximum absolute atomic E-state index is 4.31. The Bertz CT molecular complexity index is 417. The van der Waals surface area contributed by atoms with Crippen molar-refractivity contribution in [3.05, 3.63) is 12.2 Å². The number of hydrogen-bond acceptors (Lipinski definition) is 3. The molecule has 0 spiro atoms. The number of H-pyrrole nitrogens is 1. The second kappa shape index (κ2) is 4.41. The Morgan fingerprint density at radius 3 is 3.19 bits per heavy atom. The van der Waals surface area contributed by atoms with E-state index >= 15 is 0 Å². The Labute approximate surface area is 108 Å². The first-order valence-electron chi connectivity index (χ1n) is 5.15. The van der Waals surface area contributed by atoms with E-state index in [0.29, 0.717) is 0 Å². The van der Waals surface area contributed by atoms with Gasteiger partial charge in [-0.25, -0.2) is 4.57 Å². The number of thioether (sulfide) groups is 1. The lowest BCUT2D eigenvalue weighted by molar-refractivity contribution is -0.715. The fourth-order valence-electron chi connectivity index (χ4n) is 1.57. The molecule has 0 saturated heterocycles. The highest BCUT2D eigenvalue weighted by molar-refractivity contribution is 9.09. The van der Waals surface area contributed by atoms with Crippen LogP contribution in [0.5, 0.6) is 0 Å². The van der Waals surface area contributed by atoms with Gasteiger partial charge in [0.1, 0.15) is 0 Å². The molecule has 1 aromatic rings. The minimum Gasteiger partial charge on any atom is -0.291 e. The highest BCUT2D eigenvalue weighted by Crippen LogP contribution is 2.37.